The van der Waals surface area contributed by atoms with Gasteiger partial charge < -0.3 is 9.64 Å². The number of piperidine rings is 1. The van der Waals surface area contributed by atoms with Gasteiger partial charge in [0.1, 0.15) is 17.3 Å². The van der Waals surface area contributed by atoms with Gasteiger partial charge in [0, 0.05) is 36.8 Å². The van der Waals surface area contributed by atoms with E-state index < -0.39 is 18.0 Å². The zero-order chi connectivity index (χ0) is 26.9. The standard InChI is InChI=1S/C25H29F3N8OS/c1-16(2)36-32-17(3)35(33-36)23(37-20-7-5-4-6-8-20)21-15-38-22(31-21)18-9-11-34(12-10-18)24-29-13-19(14-30-24)25(26,27)28/h4-8,13-16,18,23,33H,9-12H2,1-3H3. The van der Waals surface area contributed by atoms with Gasteiger partial charge in [-0.2, -0.15) is 13.2 Å². The Labute approximate surface area is 222 Å². The molecule has 0 aliphatic carbocycles. The van der Waals surface area contributed by atoms with Gasteiger partial charge in [-0.05, 0) is 45.7 Å². The molecule has 0 spiro atoms. The molecule has 1 atom stereocenters. The number of anilines is 1. The zero-order valence-electron chi connectivity index (χ0n) is 21.3. The maximum absolute atomic E-state index is 12.8. The van der Waals surface area contributed by atoms with Gasteiger partial charge in [0.05, 0.1) is 16.6 Å². The first-order valence-corrected chi connectivity index (χ1v) is 13.3. The van der Waals surface area contributed by atoms with Crippen molar-refractivity contribution in [2.24, 2.45) is 5.10 Å². The Hall–Kier alpha value is -3.45. The quantitative estimate of drug-likeness (QED) is 0.434. The van der Waals surface area contributed by atoms with E-state index in [1.54, 1.807) is 16.5 Å². The Bertz CT molecular complexity index is 1240. The summed E-state index contributed by atoms with van der Waals surface area (Å²) in [4.78, 5) is 14.8. The Morgan fingerprint density at radius 3 is 2.37 bits per heavy atom. The molecule has 9 nitrogen and oxygen atoms in total. The molecular weight excluding hydrogens is 517 g/mol. The van der Waals surface area contributed by atoms with Crippen LogP contribution >= 0.6 is 11.3 Å². The van der Waals surface area contributed by atoms with Gasteiger partial charge >= 0.3 is 6.18 Å². The fourth-order valence-electron chi connectivity index (χ4n) is 4.29. The van der Waals surface area contributed by atoms with Gasteiger partial charge in [0.25, 0.3) is 0 Å². The molecule has 5 rings (SSSR count). The normalized spacial score (nSPS) is 17.8. The van der Waals surface area contributed by atoms with Crippen molar-refractivity contribution in [1.29, 1.82) is 0 Å². The maximum Gasteiger partial charge on any atom is 0.419 e. The lowest BCUT2D eigenvalue weighted by Crippen LogP contribution is -2.48. The van der Waals surface area contributed by atoms with Gasteiger partial charge in [-0.15, -0.1) is 22.0 Å². The van der Waals surface area contributed by atoms with E-state index in [0.717, 1.165) is 47.5 Å². The van der Waals surface area contributed by atoms with Gasteiger partial charge in [-0.3, -0.25) is 0 Å². The number of thiazole rings is 1. The number of alkyl halides is 3. The van der Waals surface area contributed by atoms with Gasteiger partial charge in [0.15, 0.2) is 0 Å². The molecule has 1 saturated heterocycles. The van der Waals surface area contributed by atoms with E-state index in [1.807, 2.05) is 66.4 Å². The molecule has 4 heterocycles. The Morgan fingerprint density at radius 2 is 1.76 bits per heavy atom. The van der Waals surface area contributed by atoms with Crippen LogP contribution < -0.4 is 15.2 Å². The van der Waals surface area contributed by atoms with E-state index in [2.05, 4.69) is 20.6 Å². The van der Waals surface area contributed by atoms with E-state index in [-0.39, 0.29) is 12.0 Å². The van der Waals surface area contributed by atoms with Crippen molar-refractivity contribution < 1.29 is 17.9 Å². The first kappa shape index (κ1) is 26.2. The van der Waals surface area contributed by atoms with Crippen LogP contribution in [0.25, 0.3) is 0 Å². The summed E-state index contributed by atoms with van der Waals surface area (Å²) in [5.74, 6) is 2.02. The van der Waals surface area contributed by atoms with Crippen LogP contribution in [-0.2, 0) is 6.18 Å². The van der Waals surface area contributed by atoms with Crippen molar-refractivity contribution >= 4 is 23.1 Å². The lowest BCUT2D eigenvalue weighted by atomic mass is 9.98. The first-order valence-electron chi connectivity index (χ1n) is 12.4. The van der Waals surface area contributed by atoms with Crippen LogP contribution in [0.5, 0.6) is 5.75 Å². The minimum absolute atomic E-state index is 0.150. The van der Waals surface area contributed by atoms with Crippen molar-refractivity contribution in [3.63, 3.8) is 0 Å². The number of nitrogens with zero attached hydrogens (tertiary/aromatic N) is 7. The van der Waals surface area contributed by atoms with E-state index in [9.17, 15) is 13.2 Å². The van der Waals surface area contributed by atoms with Crippen molar-refractivity contribution in [2.45, 2.75) is 58.0 Å². The third-order valence-corrected chi connectivity index (χ3v) is 7.44. The summed E-state index contributed by atoms with van der Waals surface area (Å²) in [6.45, 7) is 7.28. The number of amidine groups is 1. The molecule has 38 heavy (non-hydrogen) atoms. The lowest BCUT2D eigenvalue weighted by molar-refractivity contribution is -0.138. The number of para-hydroxylation sites is 1. The molecule has 2 aliphatic rings. The van der Waals surface area contributed by atoms with Crippen molar-refractivity contribution in [2.75, 3.05) is 18.0 Å². The lowest BCUT2D eigenvalue weighted by Gasteiger charge is -2.31. The number of hydrazone groups is 1. The fourth-order valence-corrected chi connectivity index (χ4v) is 5.29. The number of nitrogens with one attached hydrogen (secondary N) is 1. The van der Waals surface area contributed by atoms with Crippen molar-refractivity contribution in [3.8, 4) is 5.75 Å². The summed E-state index contributed by atoms with van der Waals surface area (Å²) in [6, 6.07) is 9.74. The summed E-state index contributed by atoms with van der Waals surface area (Å²) in [6.07, 6.45) is -1.71. The van der Waals surface area contributed by atoms with Crippen LogP contribution in [0.15, 0.2) is 53.2 Å². The van der Waals surface area contributed by atoms with Gasteiger partial charge in [-0.1, -0.05) is 18.2 Å². The van der Waals surface area contributed by atoms with E-state index in [1.165, 1.54) is 0 Å². The minimum atomic E-state index is -4.45. The Balaban J connectivity index is 1.29. The summed E-state index contributed by atoms with van der Waals surface area (Å²) >= 11 is 1.59. The molecule has 0 bridgehead atoms. The molecule has 1 unspecified atom stereocenters. The number of hydrogen-bond donors (Lipinski definition) is 1. The molecule has 1 N–H and O–H groups in total. The van der Waals surface area contributed by atoms with Crippen LogP contribution in [0, 0.1) is 0 Å². The molecule has 1 aromatic carbocycles. The highest BCUT2D eigenvalue weighted by Crippen LogP contribution is 2.35. The van der Waals surface area contributed by atoms with Crippen LogP contribution in [0.2, 0.25) is 0 Å². The van der Waals surface area contributed by atoms with Gasteiger partial charge in [0.2, 0.25) is 12.2 Å². The molecule has 3 aromatic rings. The average Bonchev–Trinajstić information content (AvgIpc) is 3.55. The molecule has 202 valence electrons. The predicted molar refractivity (Wildman–Crippen MR) is 138 cm³/mol. The Kier molecular flexibility index (Phi) is 7.39. The summed E-state index contributed by atoms with van der Waals surface area (Å²) in [5, 5.41) is 11.3. The van der Waals surface area contributed by atoms with Crippen LogP contribution in [0.3, 0.4) is 0 Å². The van der Waals surface area contributed by atoms with Gasteiger partial charge in [-0.25, -0.2) is 25.1 Å². The predicted octanol–water partition coefficient (Wildman–Crippen LogP) is 5.19. The largest absolute Gasteiger partial charge is 0.463 e. The van der Waals surface area contributed by atoms with Crippen molar-refractivity contribution in [1.82, 2.24) is 30.6 Å². The van der Waals surface area contributed by atoms with E-state index in [4.69, 9.17) is 9.72 Å². The average molecular weight is 547 g/mol. The highest BCUT2D eigenvalue weighted by Gasteiger charge is 2.34. The summed E-state index contributed by atoms with van der Waals surface area (Å²) < 4.78 is 44.9. The number of rotatable bonds is 7. The van der Waals surface area contributed by atoms with E-state index in [0.29, 0.717) is 19.0 Å². The highest BCUT2D eigenvalue weighted by molar-refractivity contribution is 7.09. The fraction of sp³-hybridized carbons (Fsp3) is 0.440. The summed E-state index contributed by atoms with van der Waals surface area (Å²) in [7, 11) is 0. The summed E-state index contributed by atoms with van der Waals surface area (Å²) in [5.41, 5.74) is 3.23. The first-order chi connectivity index (χ1) is 18.2. The number of ether oxygens (including phenoxy) is 1. The molecule has 2 aliphatic heterocycles. The highest BCUT2D eigenvalue weighted by atomic mass is 32.1. The molecule has 2 aromatic heterocycles. The third kappa shape index (κ3) is 5.68. The van der Waals surface area contributed by atoms with Crippen LogP contribution in [-0.4, -0.2) is 50.0 Å². The van der Waals surface area contributed by atoms with Crippen LogP contribution in [0.1, 0.15) is 62.0 Å². The molecule has 1 fully saturated rings. The van der Waals surface area contributed by atoms with Crippen LogP contribution in [0.4, 0.5) is 19.1 Å². The monoisotopic (exact) mass is 546 g/mol. The SMILES string of the molecule is CC1=NN(C(C)C)NN1C(Oc1ccccc1)c1csc(C2CCN(c3ncc(C(F)(F)F)cn3)CC2)n1. The molecule has 0 saturated carbocycles. The zero-order valence-corrected chi connectivity index (χ0v) is 22.1. The number of hydrazine groups is 2. The topological polar surface area (TPSA) is 82.0 Å². The molecule has 13 heteroatoms. The second-order valence-electron chi connectivity index (χ2n) is 9.48. The second kappa shape index (κ2) is 10.7. The third-order valence-electron chi connectivity index (χ3n) is 6.41. The van der Waals surface area contributed by atoms with E-state index >= 15 is 0 Å². The molecular formula is C25H29F3N8OS. The minimum Gasteiger partial charge on any atom is -0.463 e. The number of aromatic nitrogens is 3. The Morgan fingerprint density at radius 1 is 1.08 bits per heavy atom. The number of hydrogen-bond acceptors (Lipinski definition) is 10. The number of halogens is 3. The molecule has 0 radical (unpaired) electrons. The smallest absolute Gasteiger partial charge is 0.419 e. The maximum atomic E-state index is 12.8. The van der Waals surface area contributed by atoms with Crippen molar-refractivity contribution in [3.05, 3.63) is 64.4 Å². The number of benzene rings is 1. The second-order valence-corrected chi connectivity index (χ2v) is 10.4. The molecule has 0 amide bonds.